The van der Waals surface area contributed by atoms with Gasteiger partial charge < -0.3 is 14.2 Å². The van der Waals surface area contributed by atoms with Gasteiger partial charge in [-0.25, -0.2) is 22.8 Å². The van der Waals surface area contributed by atoms with E-state index in [1.165, 1.54) is 60.3 Å². The molecule has 8 nitrogen and oxygen atoms in total. The van der Waals surface area contributed by atoms with E-state index in [1.807, 2.05) is 6.07 Å². The fourth-order valence-electron chi connectivity index (χ4n) is 4.38. The Labute approximate surface area is 239 Å². The SMILES string of the molecule is CC(=O)O[C@@](Cn1cncn1)(c1ccc(F)cc1F)C(C)SC1COC(/C=C/C=C/c2ccc(C#N)cc2F)OC1. The van der Waals surface area contributed by atoms with E-state index in [-0.39, 0.29) is 36.1 Å². The number of allylic oxidation sites excluding steroid dienone is 2. The summed E-state index contributed by atoms with van der Waals surface area (Å²) in [6.07, 6.45) is 8.63. The molecule has 0 saturated carbocycles. The van der Waals surface area contributed by atoms with Crippen LogP contribution in [0.2, 0.25) is 0 Å². The lowest BCUT2D eigenvalue weighted by Crippen LogP contribution is -2.47. The molecular formula is C29H27F3N4O4S. The quantitative estimate of drug-likeness (QED) is 0.238. The molecule has 2 aromatic carbocycles. The number of carbonyl (C=O) groups is 1. The van der Waals surface area contributed by atoms with Gasteiger partial charge in [0.25, 0.3) is 0 Å². The highest BCUT2D eigenvalue weighted by molar-refractivity contribution is 8.00. The Morgan fingerprint density at radius 1 is 1.22 bits per heavy atom. The van der Waals surface area contributed by atoms with Crippen molar-refractivity contribution in [2.75, 3.05) is 13.2 Å². The number of benzene rings is 2. The first-order chi connectivity index (χ1) is 19.7. The normalized spacial score (nSPS) is 19.6. The molecule has 0 aliphatic carbocycles. The van der Waals surface area contributed by atoms with E-state index in [4.69, 9.17) is 19.5 Å². The third-order valence-electron chi connectivity index (χ3n) is 6.31. The highest BCUT2D eigenvalue weighted by atomic mass is 32.2. The Morgan fingerprint density at radius 2 is 2.00 bits per heavy atom. The van der Waals surface area contributed by atoms with Crippen LogP contribution in [-0.2, 0) is 31.2 Å². The summed E-state index contributed by atoms with van der Waals surface area (Å²) in [4.78, 5) is 16.2. The zero-order valence-corrected chi connectivity index (χ0v) is 23.1. The molecule has 1 aromatic heterocycles. The maximum Gasteiger partial charge on any atom is 0.303 e. The molecule has 0 N–H and O–H groups in total. The molecule has 1 aliphatic rings. The fraction of sp³-hybridized carbons (Fsp3) is 0.310. The summed E-state index contributed by atoms with van der Waals surface area (Å²) in [5.74, 6) is -2.75. The minimum atomic E-state index is -1.55. The van der Waals surface area contributed by atoms with Crippen LogP contribution in [0, 0.1) is 28.8 Å². The van der Waals surface area contributed by atoms with E-state index in [9.17, 15) is 13.6 Å². The van der Waals surface area contributed by atoms with E-state index in [0.29, 0.717) is 5.56 Å². The van der Waals surface area contributed by atoms with E-state index in [2.05, 4.69) is 10.1 Å². The number of aromatic nitrogens is 3. The number of nitriles is 1. The molecule has 214 valence electrons. The second-order valence-corrected chi connectivity index (χ2v) is 10.9. The lowest BCUT2D eigenvalue weighted by atomic mass is 9.89. The van der Waals surface area contributed by atoms with Crippen molar-refractivity contribution in [2.24, 2.45) is 0 Å². The van der Waals surface area contributed by atoms with Gasteiger partial charge in [0, 0.05) is 29.4 Å². The van der Waals surface area contributed by atoms with Crippen LogP contribution in [0.25, 0.3) is 6.08 Å². The Morgan fingerprint density at radius 3 is 2.63 bits per heavy atom. The second-order valence-electron chi connectivity index (χ2n) is 9.23. The Bertz CT molecular complexity index is 1450. The van der Waals surface area contributed by atoms with Crippen molar-refractivity contribution in [2.45, 2.75) is 42.8 Å². The summed E-state index contributed by atoms with van der Waals surface area (Å²) in [7, 11) is 0. The van der Waals surface area contributed by atoms with Gasteiger partial charge in [0.05, 0.1) is 36.6 Å². The van der Waals surface area contributed by atoms with Crippen LogP contribution < -0.4 is 0 Å². The maximum absolute atomic E-state index is 15.1. The minimum absolute atomic E-state index is 0.00791. The first-order valence-electron chi connectivity index (χ1n) is 12.6. The highest BCUT2D eigenvalue weighted by Crippen LogP contribution is 2.42. The molecule has 4 rings (SSSR count). The van der Waals surface area contributed by atoms with Crippen molar-refractivity contribution in [3.05, 3.63) is 101 Å². The number of thioether (sulfide) groups is 1. The summed E-state index contributed by atoms with van der Waals surface area (Å²) >= 11 is 1.38. The summed E-state index contributed by atoms with van der Waals surface area (Å²) in [5, 5.41) is 12.2. The molecule has 1 unspecified atom stereocenters. The van der Waals surface area contributed by atoms with E-state index >= 15 is 4.39 Å². The molecule has 0 bridgehead atoms. The van der Waals surface area contributed by atoms with Gasteiger partial charge in [-0.05, 0) is 37.3 Å². The molecule has 0 spiro atoms. The van der Waals surface area contributed by atoms with Crippen LogP contribution in [0.15, 0.2) is 67.3 Å². The van der Waals surface area contributed by atoms with E-state index < -0.39 is 40.6 Å². The number of halogens is 3. The molecule has 0 radical (unpaired) electrons. The monoisotopic (exact) mass is 584 g/mol. The van der Waals surface area contributed by atoms with Crippen molar-refractivity contribution in [3.8, 4) is 6.07 Å². The largest absolute Gasteiger partial charge is 0.451 e. The summed E-state index contributed by atoms with van der Waals surface area (Å²) in [6, 6.07) is 9.24. The fourth-order valence-corrected chi connectivity index (χ4v) is 5.74. The number of ether oxygens (including phenoxy) is 3. The molecular weight excluding hydrogens is 557 g/mol. The minimum Gasteiger partial charge on any atom is -0.451 e. The smallest absolute Gasteiger partial charge is 0.303 e. The number of hydrogen-bond donors (Lipinski definition) is 0. The van der Waals surface area contributed by atoms with Crippen molar-refractivity contribution < 1.29 is 32.2 Å². The van der Waals surface area contributed by atoms with Gasteiger partial charge in [0.15, 0.2) is 11.9 Å². The molecule has 12 heteroatoms. The average Bonchev–Trinajstić information content (AvgIpc) is 3.45. The van der Waals surface area contributed by atoms with E-state index in [1.54, 1.807) is 31.2 Å². The highest BCUT2D eigenvalue weighted by Gasteiger charge is 2.46. The van der Waals surface area contributed by atoms with Crippen LogP contribution >= 0.6 is 11.8 Å². The molecule has 3 aromatic rings. The molecule has 1 aliphatic heterocycles. The van der Waals surface area contributed by atoms with Gasteiger partial charge in [-0.2, -0.15) is 10.4 Å². The van der Waals surface area contributed by atoms with Gasteiger partial charge >= 0.3 is 5.97 Å². The van der Waals surface area contributed by atoms with Crippen molar-refractivity contribution in [3.63, 3.8) is 0 Å². The third kappa shape index (κ3) is 7.64. The standard InChI is InChI=1S/C29H27F3N4O4S/c1-19(29(40-20(2)37,16-36-18-34-17-35-36)25-10-9-23(30)12-27(25)32)41-24-14-38-28(39-15-24)6-4-3-5-22-8-7-21(13-33)11-26(22)31/h3-12,17-19,24,28H,14-16H2,1-2H3/b5-3+,6-4+/t19?,24?,28?,29-/m1/s1. The summed E-state index contributed by atoms with van der Waals surface area (Å²) in [6.45, 7) is 3.51. The van der Waals surface area contributed by atoms with Gasteiger partial charge in [-0.15, -0.1) is 11.8 Å². The first kappa shape index (κ1) is 30.0. The number of nitrogens with zero attached hydrogens (tertiary/aromatic N) is 4. The molecule has 1 fully saturated rings. The number of esters is 1. The Kier molecular flexibility index (Phi) is 9.99. The third-order valence-corrected chi connectivity index (χ3v) is 7.75. The van der Waals surface area contributed by atoms with Gasteiger partial charge in [0.1, 0.15) is 30.1 Å². The Balaban J connectivity index is 1.44. The first-order valence-corrected chi connectivity index (χ1v) is 13.5. The number of carbonyl (C=O) groups excluding carboxylic acids is 1. The van der Waals surface area contributed by atoms with Crippen molar-refractivity contribution in [1.29, 1.82) is 5.26 Å². The van der Waals surface area contributed by atoms with Crippen molar-refractivity contribution >= 4 is 23.8 Å². The predicted octanol–water partition coefficient (Wildman–Crippen LogP) is 5.16. The summed E-state index contributed by atoms with van der Waals surface area (Å²) < 4.78 is 61.8. The van der Waals surface area contributed by atoms with Crippen LogP contribution in [-0.4, -0.2) is 50.7 Å². The Hall–Kier alpha value is -3.92. The van der Waals surface area contributed by atoms with E-state index in [0.717, 1.165) is 12.1 Å². The topological polar surface area (TPSA) is 99.3 Å². The lowest BCUT2D eigenvalue weighted by Gasteiger charge is -2.40. The zero-order chi connectivity index (χ0) is 29.4. The summed E-state index contributed by atoms with van der Waals surface area (Å²) in [5.41, 5.74) is -0.963. The van der Waals surface area contributed by atoms with Crippen LogP contribution in [0.4, 0.5) is 13.2 Å². The van der Waals surface area contributed by atoms with Crippen LogP contribution in [0.5, 0.6) is 0 Å². The maximum atomic E-state index is 15.1. The van der Waals surface area contributed by atoms with Gasteiger partial charge in [-0.1, -0.05) is 24.3 Å². The van der Waals surface area contributed by atoms with Crippen LogP contribution in [0.1, 0.15) is 30.5 Å². The predicted molar refractivity (Wildman–Crippen MR) is 146 cm³/mol. The van der Waals surface area contributed by atoms with Gasteiger partial charge in [-0.3, -0.25) is 4.79 Å². The van der Waals surface area contributed by atoms with Crippen LogP contribution in [0.3, 0.4) is 0 Å². The molecule has 1 saturated heterocycles. The molecule has 0 amide bonds. The number of rotatable bonds is 10. The lowest BCUT2D eigenvalue weighted by molar-refractivity contribution is -0.160. The van der Waals surface area contributed by atoms with Crippen molar-refractivity contribution in [1.82, 2.24) is 14.8 Å². The average molecular weight is 585 g/mol. The molecule has 2 atom stereocenters. The second kappa shape index (κ2) is 13.6. The molecule has 2 heterocycles. The zero-order valence-electron chi connectivity index (χ0n) is 22.2. The van der Waals surface area contributed by atoms with Gasteiger partial charge in [0.2, 0.25) is 0 Å². The molecule has 41 heavy (non-hydrogen) atoms. The number of hydrogen-bond acceptors (Lipinski definition) is 8.